The fraction of sp³-hybridized carbons (Fsp3) is 0.750. The summed E-state index contributed by atoms with van der Waals surface area (Å²) in [6.07, 6.45) is 3.96. The molecule has 0 radical (unpaired) electrons. The van der Waals surface area contributed by atoms with E-state index >= 15 is 0 Å². The summed E-state index contributed by atoms with van der Waals surface area (Å²) in [6.45, 7) is 9.24. The summed E-state index contributed by atoms with van der Waals surface area (Å²) >= 11 is 0. The molecule has 19 heavy (non-hydrogen) atoms. The first kappa shape index (κ1) is 14.6. The van der Waals surface area contributed by atoms with Crippen molar-refractivity contribution in [1.29, 1.82) is 0 Å². The Morgan fingerprint density at radius 1 is 1.26 bits per heavy atom. The van der Waals surface area contributed by atoms with Crippen molar-refractivity contribution in [3.8, 4) is 0 Å². The van der Waals surface area contributed by atoms with Gasteiger partial charge in [0.1, 0.15) is 11.5 Å². The maximum Gasteiger partial charge on any atom is 0.120 e. The number of aliphatic hydroxyl groups is 1. The highest BCUT2D eigenvalue weighted by Gasteiger charge is 2.36. The van der Waals surface area contributed by atoms with E-state index in [2.05, 4.69) is 26.1 Å². The maximum absolute atomic E-state index is 10.6. The summed E-state index contributed by atoms with van der Waals surface area (Å²) < 4.78 is 5.61. The highest BCUT2D eigenvalue weighted by atomic mass is 16.3. The first-order chi connectivity index (χ1) is 8.80. The summed E-state index contributed by atoms with van der Waals surface area (Å²) in [5, 5.41) is 14.0. The van der Waals surface area contributed by atoms with Crippen molar-refractivity contribution in [3.05, 3.63) is 23.7 Å². The van der Waals surface area contributed by atoms with Crippen molar-refractivity contribution in [3.63, 3.8) is 0 Å². The van der Waals surface area contributed by atoms with Crippen molar-refractivity contribution in [2.45, 2.75) is 65.0 Å². The SMILES string of the molecule is Cc1ccc(C(C)NCC2(O)CCC(C)(C)CC2)o1. The van der Waals surface area contributed by atoms with E-state index < -0.39 is 5.60 Å². The van der Waals surface area contributed by atoms with Crippen LogP contribution in [0.2, 0.25) is 0 Å². The number of hydrogen-bond donors (Lipinski definition) is 2. The first-order valence-electron chi connectivity index (χ1n) is 7.32. The number of aryl methyl sites for hydroxylation is 1. The predicted molar refractivity (Wildman–Crippen MR) is 77.1 cm³/mol. The van der Waals surface area contributed by atoms with Gasteiger partial charge in [0, 0.05) is 6.54 Å². The Morgan fingerprint density at radius 3 is 2.42 bits per heavy atom. The van der Waals surface area contributed by atoms with Gasteiger partial charge in [-0.1, -0.05) is 13.8 Å². The zero-order valence-corrected chi connectivity index (χ0v) is 12.6. The van der Waals surface area contributed by atoms with Gasteiger partial charge in [0.15, 0.2) is 0 Å². The molecule has 108 valence electrons. The van der Waals surface area contributed by atoms with Gasteiger partial charge < -0.3 is 14.8 Å². The van der Waals surface area contributed by atoms with E-state index in [-0.39, 0.29) is 6.04 Å². The molecule has 3 nitrogen and oxygen atoms in total. The molecule has 1 aliphatic rings. The van der Waals surface area contributed by atoms with Gasteiger partial charge in [-0.2, -0.15) is 0 Å². The number of furan rings is 1. The van der Waals surface area contributed by atoms with Crippen LogP contribution in [0.3, 0.4) is 0 Å². The van der Waals surface area contributed by atoms with Gasteiger partial charge >= 0.3 is 0 Å². The van der Waals surface area contributed by atoms with E-state index in [0.717, 1.165) is 37.2 Å². The van der Waals surface area contributed by atoms with Crippen LogP contribution in [0.5, 0.6) is 0 Å². The van der Waals surface area contributed by atoms with Gasteiger partial charge in [-0.3, -0.25) is 0 Å². The largest absolute Gasteiger partial charge is 0.465 e. The second kappa shape index (κ2) is 5.29. The predicted octanol–water partition coefficient (Wildman–Crippen LogP) is 3.57. The van der Waals surface area contributed by atoms with Crippen LogP contribution in [0.4, 0.5) is 0 Å². The molecule has 0 amide bonds. The minimum Gasteiger partial charge on any atom is -0.465 e. The molecule has 1 aliphatic carbocycles. The molecule has 1 saturated carbocycles. The van der Waals surface area contributed by atoms with Gasteiger partial charge in [0.25, 0.3) is 0 Å². The lowest BCUT2D eigenvalue weighted by Crippen LogP contribution is -2.45. The molecule has 0 bridgehead atoms. The maximum atomic E-state index is 10.6. The molecule has 1 aromatic rings. The molecule has 1 fully saturated rings. The van der Waals surface area contributed by atoms with Crippen molar-refractivity contribution in [2.75, 3.05) is 6.54 Å². The third kappa shape index (κ3) is 3.83. The van der Waals surface area contributed by atoms with E-state index in [1.54, 1.807) is 0 Å². The molecule has 3 heteroatoms. The summed E-state index contributed by atoms with van der Waals surface area (Å²) in [7, 11) is 0. The lowest BCUT2D eigenvalue weighted by molar-refractivity contribution is -0.0261. The Bertz CT molecular complexity index is 412. The van der Waals surface area contributed by atoms with Gasteiger partial charge in [-0.05, 0) is 57.1 Å². The zero-order valence-electron chi connectivity index (χ0n) is 12.6. The molecular formula is C16H27NO2. The van der Waals surface area contributed by atoms with E-state index in [1.165, 1.54) is 0 Å². The Kier molecular flexibility index (Phi) is 4.07. The molecule has 0 aliphatic heterocycles. The molecule has 1 heterocycles. The van der Waals surface area contributed by atoms with Crippen molar-refractivity contribution >= 4 is 0 Å². The molecule has 2 N–H and O–H groups in total. The lowest BCUT2D eigenvalue weighted by Gasteiger charge is -2.40. The van der Waals surface area contributed by atoms with Crippen molar-refractivity contribution < 1.29 is 9.52 Å². The normalized spacial score (nSPS) is 23.2. The monoisotopic (exact) mass is 265 g/mol. The van der Waals surface area contributed by atoms with Crippen molar-refractivity contribution in [2.24, 2.45) is 5.41 Å². The average molecular weight is 265 g/mol. The molecule has 0 saturated heterocycles. The second-order valence-corrected chi connectivity index (χ2v) is 6.94. The van der Waals surface area contributed by atoms with Crippen LogP contribution < -0.4 is 5.32 Å². The molecule has 2 rings (SSSR count). The minimum atomic E-state index is -0.550. The van der Waals surface area contributed by atoms with Crippen LogP contribution in [-0.2, 0) is 0 Å². The molecule has 1 unspecified atom stereocenters. The molecule has 0 aromatic carbocycles. The molecule has 1 aromatic heterocycles. The third-order valence-corrected chi connectivity index (χ3v) is 4.46. The van der Waals surface area contributed by atoms with E-state index in [0.29, 0.717) is 12.0 Å². The Labute approximate surface area is 116 Å². The fourth-order valence-electron chi connectivity index (χ4n) is 2.70. The van der Waals surface area contributed by atoms with Gasteiger partial charge in [-0.15, -0.1) is 0 Å². The number of nitrogens with one attached hydrogen (secondary N) is 1. The minimum absolute atomic E-state index is 0.146. The van der Waals surface area contributed by atoms with Gasteiger partial charge in [0.2, 0.25) is 0 Å². The van der Waals surface area contributed by atoms with Crippen LogP contribution >= 0.6 is 0 Å². The summed E-state index contributed by atoms with van der Waals surface area (Å²) in [6, 6.07) is 4.12. The fourth-order valence-corrected chi connectivity index (χ4v) is 2.70. The van der Waals surface area contributed by atoms with Crippen LogP contribution in [0.1, 0.15) is 64.0 Å². The molecule has 1 atom stereocenters. The van der Waals surface area contributed by atoms with Crippen LogP contribution in [0.15, 0.2) is 16.5 Å². The topological polar surface area (TPSA) is 45.4 Å². The number of rotatable bonds is 4. The highest BCUT2D eigenvalue weighted by molar-refractivity contribution is 5.09. The summed E-state index contributed by atoms with van der Waals surface area (Å²) in [4.78, 5) is 0. The Balaban J connectivity index is 1.85. The molecule has 0 spiro atoms. The lowest BCUT2D eigenvalue weighted by atomic mass is 9.71. The van der Waals surface area contributed by atoms with Crippen LogP contribution in [0, 0.1) is 12.3 Å². The average Bonchev–Trinajstić information content (AvgIpc) is 2.78. The van der Waals surface area contributed by atoms with Crippen molar-refractivity contribution in [1.82, 2.24) is 5.32 Å². The zero-order chi connectivity index (χ0) is 14.1. The smallest absolute Gasteiger partial charge is 0.120 e. The third-order valence-electron chi connectivity index (χ3n) is 4.46. The number of hydrogen-bond acceptors (Lipinski definition) is 3. The summed E-state index contributed by atoms with van der Waals surface area (Å²) in [5.41, 5.74) is -0.165. The van der Waals surface area contributed by atoms with E-state index in [4.69, 9.17) is 4.42 Å². The van der Waals surface area contributed by atoms with Gasteiger partial charge in [-0.25, -0.2) is 0 Å². The Hall–Kier alpha value is -0.800. The van der Waals surface area contributed by atoms with Gasteiger partial charge in [0.05, 0.1) is 11.6 Å². The molecular weight excluding hydrogens is 238 g/mol. The first-order valence-corrected chi connectivity index (χ1v) is 7.32. The van der Waals surface area contributed by atoms with Crippen LogP contribution in [-0.4, -0.2) is 17.3 Å². The van der Waals surface area contributed by atoms with E-state index in [9.17, 15) is 5.11 Å². The second-order valence-electron chi connectivity index (χ2n) is 6.94. The standard InChI is InChI=1S/C16H27NO2/c1-12-5-6-14(19-12)13(2)17-11-16(18)9-7-15(3,4)8-10-16/h5-6,13,17-18H,7-11H2,1-4H3. The van der Waals surface area contributed by atoms with E-state index in [1.807, 2.05) is 19.1 Å². The Morgan fingerprint density at radius 2 is 1.89 bits per heavy atom. The summed E-state index contributed by atoms with van der Waals surface area (Å²) in [5.74, 6) is 1.87. The quantitative estimate of drug-likeness (QED) is 0.874. The highest BCUT2D eigenvalue weighted by Crippen LogP contribution is 2.40. The van der Waals surface area contributed by atoms with Crippen LogP contribution in [0.25, 0.3) is 0 Å².